The molecule has 0 spiro atoms. The Hall–Kier alpha value is -7.49. The van der Waals surface area contributed by atoms with Gasteiger partial charge in [0.05, 0.1) is 43.2 Å². The highest BCUT2D eigenvalue weighted by molar-refractivity contribution is 5.92. The molecular weight excluding hydrogens is 755 g/mol. The van der Waals surface area contributed by atoms with E-state index in [1.54, 1.807) is 59.3 Å². The maximum absolute atomic E-state index is 13.4. The maximum Gasteiger partial charge on any atom is 0.230 e. The molecule has 0 aliphatic rings. The summed E-state index contributed by atoms with van der Waals surface area (Å²) in [7, 11) is 3.60. The first kappa shape index (κ1) is 41.2. The Labute approximate surface area is 339 Å². The van der Waals surface area contributed by atoms with Gasteiger partial charge in [-0.05, 0) is 77.6 Å². The Bertz CT molecular complexity index is 2700. The van der Waals surface area contributed by atoms with Crippen molar-refractivity contribution < 1.29 is 23.1 Å². The second kappa shape index (κ2) is 18.6. The van der Waals surface area contributed by atoms with Crippen molar-refractivity contribution in [1.29, 1.82) is 10.5 Å². The van der Waals surface area contributed by atoms with Crippen LogP contribution in [0.3, 0.4) is 0 Å². The lowest BCUT2D eigenvalue weighted by molar-refractivity contribution is -0.116. The summed E-state index contributed by atoms with van der Waals surface area (Å²) in [5.41, 5.74) is 6.24. The SMILES string of the molecule is COC(C)c1ccc(CC(=O)Nc2ccn(Cc3ccc(F)c(C#N)c3)n2)cc1.Cc1cn(C)c2ncc(CC(=O)Nc3ccn(Cc4ccc(F)c(C#N)c4)n3)cc12. The normalized spacial score (nSPS) is 11.3. The Morgan fingerprint density at radius 2 is 1.27 bits per heavy atom. The molecule has 0 aliphatic heterocycles. The Morgan fingerprint density at radius 1 is 0.763 bits per heavy atom. The number of fused-ring (bicyclic) bond motifs is 1. The van der Waals surface area contributed by atoms with Crippen LogP contribution in [0.2, 0.25) is 0 Å². The molecule has 2 amide bonds. The van der Waals surface area contributed by atoms with E-state index in [0.29, 0.717) is 24.7 Å². The second-order valence-corrected chi connectivity index (χ2v) is 13.9. The summed E-state index contributed by atoms with van der Waals surface area (Å²) in [4.78, 5) is 29.2. The van der Waals surface area contributed by atoms with Gasteiger partial charge in [-0.1, -0.05) is 36.4 Å². The molecule has 0 aliphatic carbocycles. The molecular formula is C44H40F2N10O3. The van der Waals surface area contributed by atoms with Crippen LogP contribution in [0.1, 0.15) is 57.5 Å². The quantitative estimate of drug-likeness (QED) is 0.132. The molecule has 1 atom stereocenters. The summed E-state index contributed by atoms with van der Waals surface area (Å²) >= 11 is 0. The second-order valence-electron chi connectivity index (χ2n) is 13.9. The number of carbonyl (C=O) groups excluding carboxylic acids is 2. The predicted molar refractivity (Wildman–Crippen MR) is 217 cm³/mol. The highest BCUT2D eigenvalue weighted by Crippen LogP contribution is 2.20. The molecule has 1 unspecified atom stereocenters. The monoisotopic (exact) mass is 794 g/mol. The maximum atomic E-state index is 13.4. The van der Waals surface area contributed by atoms with Gasteiger partial charge in [-0.15, -0.1) is 0 Å². The molecule has 4 heterocycles. The van der Waals surface area contributed by atoms with Crippen molar-refractivity contribution >= 4 is 34.5 Å². The first-order chi connectivity index (χ1) is 28.4. The van der Waals surface area contributed by atoms with Crippen molar-refractivity contribution in [2.75, 3.05) is 17.7 Å². The number of hydrogen-bond acceptors (Lipinski definition) is 8. The average molecular weight is 795 g/mol. The van der Waals surface area contributed by atoms with Gasteiger partial charge < -0.3 is 19.9 Å². The molecule has 2 N–H and O–H groups in total. The van der Waals surface area contributed by atoms with Crippen molar-refractivity contribution in [3.8, 4) is 12.1 Å². The summed E-state index contributed by atoms with van der Waals surface area (Å²) < 4.78 is 37.3. The van der Waals surface area contributed by atoms with Crippen LogP contribution in [0.15, 0.2) is 104 Å². The van der Waals surface area contributed by atoms with Crippen molar-refractivity contribution in [1.82, 2.24) is 29.1 Å². The highest BCUT2D eigenvalue weighted by atomic mass is 19.1. The average Bonchev–Trinajstić information content (AvgIpc) is 3.94. The van der Waals surface area contributed by atoms with E-state index in [-0.39, 0.29) is 41.9 Å². The number of nitriles is 2. The molecule has 298 valence electrons. The van der Waals surface area contributed by atoms with Gasteiger partial charge in [-0.25, -0.2) is 13.8 Å². The van der Waals surface area contributed by atoms with Crippen LogP contribution in [0.25, 0.3) is 11.0 Å². The number of aryl methyl sites for hydroxylation is 2. The summed E-state index contributed by atoms with van der Waals surface area (Å²) in [5, 5.41) is 33.1. The van der Waals surface area contributed by atoms with Crippen LogP contribution in [0, 0.1) is 41.2 Å². The Balaban J connectivity index is 0.000000199. The summed E-state index contributed by atoms with van der Waals surface area (Å²) in [6.45, 7) is 4.70. The largest absolute Gasteiger partial charge is 0.377 e. The van der Waals surface area contributed by atoms with E-state index in [1.807, 2.05) is 74.1 Å². The first-order valence-corrected chi connectivity index (χ1v) is 18.5. The summed E-state index contributed by atoms with van der Waals surface area (Å²) in [6.07, 6.45) is 7.58. The minimum atomic E-state index is -0.548. The number of methoxy groups -OCH3 is 1. The van der Waals surface area contributed by atoms with Crippen LogP contribution in [0.4, 0.5) is 20.4 Å². The van der Waals surface area contributed by atoms with E-state index in [0.717, 1.165) is 44.4 Å². The van der Waals surface area contributed by atoms with Gasteiger partial charge >= 0.3 is 0 Å². The van der Waals surface area contributed by atoms with Gasteiger partial charge in [0.25, 0.3) is 0 Å². The van der Waals surface area contributed by atoms with Crippen LogP contribution < -0.4 is 10.6 Å². The molecule has 59 heavy (non-hydrogen) atoms. The van der Waals surface area contributed by atoms with E-state index in [9.17, 15) is 18.4 Å². The molecule has 3 aromatic carbocycles. The van der Waals surface area contributed by atoms with E-state index in [1.165, 1.54) is 24.3 Å². The Morgan fingerprint density at radius 3 is 1.78 bits per heavy atom. The van der Waals surface area contributed by atoms with E-state index < -0.39 is 11.6 Å². The molecule has 0 radical (unpaired) electrons. The fourth-order valence-corrected chi connectivity index (χ4v) is 6.30. The van der Waals surface area contributed by atoms with Crippen molar-refractivity contribution in [3.05, 3.63) is 160 Å². The number of anilines is 2. The number of nitrogens with one attached hydrogen (secondary N) is 2. The molecule has 0 fully saturated rings. The van der Waals surface area contributed by atoms with Crippen molar-refractivity contribution in [2.45, 2.75) is 45.9 Å². The van der Waals surface area contributed by atoms with Crippen LogP contribution in [-0.2, 0) is 47.3 Å². The minimum absolute atomic E-state index is 0.00547. The number of ether oxygens (including phenoxy) is 1. The van der Waals surface area contributed by atoms with Crippen molar-refractivity contribution in [2.24, 2.45) is 7.05 Å². The number of nitrogens with zero attached hydrogens (tertiary/aromatic N) is 8. The number of carbonyl (C=O) groups is 2. The smallest absolute Gasteiger partial charge is 0.230 e. The fourth-order valence-electron chi connectivity index (χ4n) is 6.30. The zero-order valence-corrected chi connectivity index (χ0v) is 32.8. The molecule has 7 rings (SSSR count). The van der Waals surface area contributed by atoms with Gasteiger partial charge in [-0.3, -0.25) is 19.0 Å². The third-order valence-corrected chi connectivity index (χ3v) is 9.41. The molecule has 0 bridgehead atoms. The number of hydrogen-bond donors (Lipinski definition) is 2. The topological polar surface area (TPSA) is 168 Å². The van der Waals surface area contributed by atoms with E-state index in [2.05, 4.69) is 25.8 Å². The highest BCUT2D eigenvalue weighted by Gasteiger charge is 2.12. The molecule has 4 aromatic heterocycles. The van der Waals surface area contributed by atoms with Gasteiger partial charge in [0.2, 0.25) is 11.8 Å². The molecule has 13 nitrogen and oxygen atoms in total. The number of amides is 2. The first-order valence-electron chi connectivity index (χ1n) is 18.5. The van der Waals surface area contributed by atoms with Gasteiger partial charge in [0.1, 0.15) is 29.4 Å². The van der Waals surface area contributed by atoms with Crippen molar-refractivity contribution in [3.63, 3.8) is 0 Å². The van der Waals surface area contributed by atoms with Crippen LogP contribution >= 0.6 is 0 Å². The van der Waals surface area contributed by atoms with E-state index >= 15 is 0 Å². The lowest BCUT2D eigenvalue weighted by atomic mass is 10.1. The minimum Gasteiger partial charge on any atom is -0.377 e. The number of rotatable bonds is 12. The number of halogens is 2. The summed E-state index contributed by atoms with van der Waals surface area (Å²) in [5.74, 6) is -0.600. The number of pyridine rings is 1. The van der Waals surface area contributed by atoms with Gasteiger partial charge in [-0.2, -0.15) is 20.7 Å². The van der Waals surface area contributed by atoms with E-state index in [4.69, 9.17) is 15.3 Å². The fraction of sp³-hybridized carbons (Fsp3) is 0.205. The predicted octanol–water partition coefficient (Wildman–Crippen LogP) is 7.15. The summed E-state index contributed by atoms with van der Waals surface area (Å²) in [6, 6.07) is 25.4. The molecule has 0 saturated heterocycles. The zero-order chi connectivity index (χ0) is 42.1. The number of benzene rings is 3. The van der Waals surface area contributed by atoms with Gasteiger partial charge in [0, 0.05) is 56.5 Å². The molecule has 0 saturated carbocycles. The number of aromatic nitrogens is 6. The third kappa shape index (κ3) is 10.7. The molecule has 15 heteroatoms. The third-order valence-electron chi connectivity index (χ3n) is 9.41. The molecule has 7 aromatic rings. The van der Waals surface area contributed by atoms with Crippen LogP contribution in [0.5, 0.6) is 0 Å². The standard InChI is InChI=1S/C22H19FN6O.C22H21FN4O2/c1-14-12-28(2)22-18(14)8-16(11-25-22)9-21(30)26-20-5-6-29(27-20)13-15-3-4-19(23)17(7-15)10-24;1-15(29-2)18-6-3-16(4-7-18)12-22(28)25-21-9-10-27(26-21)14-17-5-8-20(23)19(11-17)13-24/h3-8,11-12H,9,13H2,1-2H3,(H,26,27,30);3-11,15H,12,14H2,1-2H3,(H,25,26,28). The lowest BCUT2D eigenvalue weighted by Gasteiger charge is -2.10. The lowest BCUT2D eigenvalue weighted by Crippen LogP contribution is -2.15. The van der Waals surface area contributed by atoms with Crippen LogP contribution in [-0.4, -0.2) is 48.0 Å². The Kier molecular flexibility index (Phi) is 13.0. The van der Waals surface area contributed by atoms with Gasteiger partial charge in [0.15, 0.2) is 11.6 Å². The zero-order valence-electron chi connectivity index (χ0n) is 32.8.